The van der Waals surface area contributed by atoms with Gasteiger partial charge in [0.1, 0.15) is 5.78 Å². The minimum Gasteiger partial charge on any atom is -0.299 e. The fourth-order valence-corrected chi connectivity index (χ4v) is 3.77. The number of benzene rings is 1. The van der Waals surface area contributed by atoms with Crippen molar-refractivity contribution in [2.45, 2.75) is 12.8 Å². The van der Waals surface area contributed by atoms with Gasteiger partial charge < -0.3 is 0 Å². The molecule has 1 unspecified atom stereocenters. The first-order chi connectivity index (χ1) is 7.57. The summed E-state index contributed by atoms with van der Waals surface area (Å²) in [4.78, 5) is 11.8. The van der Waals surface area contributed by atoms with E-state index in [1.807, 2.05) is 30.3 Å². The van der Waals surface area contributed by atoms with E-state index in [9.17, 15) is 13.2 Å². The van der Waals surface area contributed by atoms with Gasteiger partial charge in [-0.15, -0.1) is 0 Å². The van der Waals surface area contributed by atoms with E-state index in [0.717, 1.165) is 5.56 Å². The van der Waals surface area contributed by atoms with E-state index in [0.29, 0.717) is 12.8 Å². The maximum absolute atomic E-state index is 11.8. The van der Waals surface area contributed by atoms with E-state index >= 15 is 0 Å². The highest BCUT2D eigenvalue weighted by Crippen LogP contribution is 2.20. The van der Waals surface area contributed by atoms with E-state index in [1.54, 1.807) is 0 Å². The van der Waals surface area contributed by atoms with E-state index in [-0.39, 0.29) is 23.2 Å². The van der Waals surface area contributed by atoms with Gasteiger partial charge in [0.05, 0.1) is 11.5 Å². The maximum atomic E-state index is 11.8. The zero-order valence-electron chi connectivity index (χ0n) is 8.93. The molecule has 1 fully saturated rings. The van der Waals surface area contributed by atoms with Crippen LogP contribution in [0.25, 0.3) is 0 Å². The Morgan fingerprint density at radius 1 is 1.25 bits per heavy atom. The average molecular weight is 238 g/mol. The van der Waals surface area contributed by atoms with Crippen molar-refractivity contribution in [3.63, 3.8) is 0 Å². The number of Topliss-reactive ketones (excluding diaryl/α,β-unsaturated/α-hetero) is 1. The fourth-order valence-electron chi connectivity index (χ4n) is 1.99. The molecule has 0 bridgehead atoms. The van der Waals surface area contributed by atoms with Crippen molar-refractivity contribution in [3.05, 3.63) is 35.9 Å². The second-order valence-electron chi connectivity index (χ2n) is 4.23. The minimum absolute atomic E-state index is 0.0403. The molecule has 0 N–H and O–H groups in total. The molecule has 0 spiro atoms. The van der Waals surface area contributed by atoms with Gasteiger partial charge in [0, 0.05) is 12.3 Å². The molecule has 0 aliphatic carbocycles. The molecule has 1 aromatic carbocycles. The summed E-state index contributed by atoms with van der Waals surface area (Å²) >= 11 is 0. The zero-order chi connectivity index (χ0) is 11.6. The first-order valence-corrected chi connectivity index (χ1v) is 7.16. The molecule has 86 valence electrons. The highest BCUT2D eigenvalue weighted by molar-refractivity contribution is 7.91. The molecule has 3 nitrogen and oxygen atoms in total. The topological polar surface area (TPSA) is 51.2 Å². The van der Waals surface area contributed by atoms with Crippen LogP contribution in [-0.2, 0) is 21.1 Å². The molecule has 2 rings (SSSR count). The Kier molecular flexibility index (Phi) is 3.10. The molecule has 1 aromatic rings. The second-order valence-corrected chi connectivity index (χ2v) is 6.46. The number of carbonyl (C=O) groups is 1. The van der Waals surface area contributed by atoms with Gasteiger partial charge in [-0.05, 0) is 12.0 Å². The molecule has 16 heavy (non-hydrogen) atoms. The van der Waals surface area contributed by atoms with Crippen LogP contribution in [0.5, 0.6) is 0 Å². The average Bonchev–Trinajstić information content (AvgIpc) is 2.60. The molecule has 1 atom stereocenters. The first kappa shape index (κ1) is 11.3. The van der Waals surface area contributed by atoms with Gasteiger partial charge in [0.15, 0.2) is 9.84 Å². The van der Waals surface area contributed by atoms with Crippen molar-refractivity contribution in [2.75, 3.05) is 11.5 Å². The summed E-state index contributed by atoms with van der Waals surface area (Å²) in [6, 6.07) is 9.44. The lowest BCUT2D eigenvalue weighted by Gasteiger charge is -2.06. The normalized spacial score (nSPS) is 23.1. The van der Waals surface area contributed by atoms with E-state index in [2.05, 4.69) is 0 Å². The Bertz CT molecular complexity index is 476. The highest BCUT2D eigenvalue weighted by atomic mass is 32.2. The van der Waals surface area contributed by atoms with Gasteiger partial charge in [-0.1, -0.05) is 30.3 Å². The number of hydrogen-bond donors (Lipinski definition) is 0. The van der Waals surface area contributed by atoms with Gasteiger partial charge >= 0.3 is 0 Å². The Labute approximate surface area is 95.4 Å². The zero-order valence-corrected chi connectivity index (χ0v) is 9.74. The van der Waals surface area contributed by atoms with E-state index in [4.69, 9.17) is 0 Å². The summed E-state index contributed by atoms with van der Waals surface area (Å²) < 4.78 is 22.5. The highest BCUT2D eigenvalue weighted by Gasteiger charge is 2.32. The van der Waals surface area contributed by atoms with Gasteiger partial charge in [-0.2, -0.15) is 0 Å². The Balaban J connectivity index is 2.00. The standard InChI is InChI=1S/C12H14O3S/c13-12(8-10-4-2-1-3-5-10)11-6-7-16(14,15)9-11/h1-5,11H,6-9H2. The summed E-state index contributed by atoms with van der Waals surface area (Å²) in [5.41, 5.74) is 0.955. The fraction of sp³-hybridized carbons (Fsp3) is 0.417. The lowest BCUT2D eigenvalue weighted by atomic mass is 9.97. The van der Waals surface area contributed by atoms with Crippen molar-refractivity contribution in [3.8, 4) is 0 Å². The monoisotopic (exact) mass is 238 g/mol. The minimum atomic E-state index is -2.95. The smallest absolute Gasteiger partial charge is 0.151 e. The number of sulfone groups is 1. The lowest BCUT2D eigenvalue weighted by Crippen LogP contribution is -2.18. The van der Waals surface area contributed by atoms with Crippen LogP contribution in [-0.4, -0.2) is 25.7 Å². The molecule has 1 aliphatic rings. The Hall–Kier alpha value is -1.16. The van der Waals surface area contributed by atoms with Crippen molar-refractivity contribution in [1.82, 2.24) is 0 Å². The van der Waals surface area contributed by atoms with Gasteiger partial charge in [-0.25, -0.2) is 8.42 Å². The quantitative estimate of drug-likeness (QED) is 0.796. The van der Waals surface area contributed by atoms with Gasteiger partial charge in [-0.3, -0.25) is 4.79 Å². The molecular weight excluding hydrogens is 224 g/mol. The SMILES string of the molecule is O=C(Cc1ccccc1)C1CCS(=O)(=O)C1. The molecular formula is C12H14O3S. The predicted octanol–water partition coefficient (Wildman–Crippen LogP) is 1.23. The third-order valence-corrected chi connectivity index (χ3v) is 4.68. The molecule has 1 heterocycles. The summed E-state index contributed by atoms with van der Waals surface area (Å²) in [7, 11) is -2.95. The molecule has 1 aliphatic heterocycles. The molecule has 1 saturated heterocycles. The summed E-state index contributed by atoms with van der Waals surface area (Å²) in [6.45, 7) is 0. The molecule has 0 amide bonds. The van der Waals surface area contributed by atoms with Crippen LogP contribution >= 0.6 is 0 Å². The van der Waals surface area contributed by atoms with Crippen LogP contribution in [0.3, 0.4) is 0 Å². The van der Waals surface area contributed by atoms with Crippen molar-refractivity contribution in [1.29, 1.82) is 0 Å². The maximum Gasteiger partial charge on any atom is 0.151 e. The van der Waals surface area contributed by atoms with Crippen LogP contribution in [0.15, 0.2) is 30.3 Å². The Morgan fingerprint density at radius 2 is 1.94 bits per heavy atom. The summed E-state index contributed by atoms with van der Waals surface area (Å²) in [6.07, 6.45) is 0.842. The van der Waals surface area contributed by atoms with Gasteiger partial charge in [0.2, 0.25) is 0 Å². The van der Waals surface area contributed by atoms with E-state index in [1.165, 1.54) is 0 Å². The molecule has 4 heteroatoms. The number of hydrogen-bond acceptors (Lipinski definition) is 3. The predicted molar refractivity (Wildman–Crippen MR) is 61.9 cm³/mol. The first-order valence-electron chi connectivity index (χ1n) is 5.34. The van der Waals surface area contributed by atoms with Crippen LogP contribution in [0.4, 0.5) is 0 Å². The van der Waals surface area contributed by atoms with Crippen molar-refractivity contribution >= 4 is 15.6 Å². The van der Waals surface area contributed by atoms with Crippen LogP contribution in [0.2, 0.25) is 0 Å². The van der Waals surface area contributed by atoms with Gasteiger partial charge in [0.25, 0.3) is 0 Å². The lowest BCUT2D eigenvalue weighted by molar-refractivity contribution is -0.121. The third-order valence-electron chi connectivity index (χ3n) is 2.91. The Morgan fingerprint density at radius 3 is 2.50 bits per heavy atom. The number of rotatable bonds is 3. The number of ketones is 1. The molecule has 0 aromatic heterocycles. The number of carbonyl (C=O) groups excluding carboxylic acids is 1. The second kappa shape index (κ2) is 4.37. The summed E-state index contributed by atoms with van der Waals surface area (Å²) in [5, 5.41) is 0. The van der Waals surface area contributed by atoms with Crippen LogP contribution < -0.4 is 0 Å². The van der Waals surface area contributed by atoms with Crippen LogP contribution in [0.1, 0.15) is 12.0 Å². The molecule has 0 radical (unpaired) electrons. The third kappa shape index (κ3) is 2.70. The van der Waals surface area contributed by atoms with Crippen molar-refractivity contribution in [2.24, 2.45) is 5.92 Å². The largest absolute Gasteiger partial charge is 0.299 e. The molecule has 0 saturated carbocycles. The van der Waals surface area contributed by atoms with Crippen LogP contribution in [0, 0.1) is 5.92 Å². The van der Waals surface area contributed by atoms with Crippen molar-refractivity contribution < 1.29 is 13.2 Å². The van der Waals surface area contributed by atoms with E-state index < -0.39 is 9.84 Å². The summed E-state index contributed by atoms with van der Waals surface area (Å²) in [5.74, 6) is -0.0332.